The van der Waals surface area contributed by atoms with E-state index in [4.69, 9.17) is 0 Å². The van der Waals surface area contributed by atoms with Crippen molar-refractivity contribution in [3.63, 3.8) is 0 Å². The van der Waals surface area contributed by atoms with Crippen molar-refractivity contribution in [3.8, 4) is 5.69 Å². The topological polar surface area (TPSA) is 88.3 Å². The molecule has 1 saturated heterocycles. The van der Waals surface area contributed by atoms with E-state index in [-0.39, 0.29) is 11.8 Å². The smallest absolute Gasteiger partial charge is 0.329 e. The molecule has 4 rings (SSSR count). The summed E-state index contributed by atoms with van der Waals surface area (Å²) in [5.41, 5.74) is 0.377. The van der Waals surface area contributed by atoms with Gasteiger partial charge in [0.15, 0.2) is 0 Å². The summed E-state index contributed by atoms with van der Waals surface area (Å²) in [5.74, 6) is -0.981. The van der Waals surface area contributed by atoms with Crippen molar-refractivity contribution >= 4 is 11.9 Å². The van der Waals surface area contributed by atoms with Gasteiger partial charge in [0.2, 0.25) is 0 Å². The summed E-state index contributed by atoms with van der Waals surface area (Å²) in [4.78, 5) is 26.1. The zero-order valence-electron chi connectivity index (χ0n) is 12.4. The molecule has 1 aromatic heterocycles. The van der Waals surface area contributed by atoms with Crippen molar-refractivity contribution < 1.29 is 14.7 Å². The maximum absolute atomic E-state index is 12.8. The first kappa shape index (κ1) is 13.9. The minimum absolute atomic E-state index is 0.0975. The second kappa shape index (κ2) is 4.91. The van der Waals surface area contributed by atoms with Crippen LogP contribution in [0.25, 0.3) is 5.69 Å². The molecule has 0 spiro atoms. The fraction of sp³-hybridized carbons (Fsp3) is 0.375. The Morgan fingerprint density at radius 3 is 2.39 bits per heavy atom. The number of hydrogen-bond acceptors (Lipinski definition) is 4. The van der Waals surface area contributed by atoms with Crippen LogP contribution in [-0.4, -0.2) is 48.7 Å². The minimum atomic E-state index is -0.982. The number of likely N-dealkylation sites (tertiary alicyclic amines) is 1. The van der Waals surface area contributed by atoms with E-state index in [9.17, 15) is 14.7 Å². The third kappa shape index (κ3) is 1.89. The molecule has 7 nitrogen and oxygen atoms in total. The first-order chi connectivity index (χ1) is 11.1. The van der Waals surface area contributed by atoms with Crippen molar-refractivity contribution in [1.29, 1.82) is 0 Å². The van der Waals surface area contributed by atoms with Gasteiger partial charge in [0, 0.05) is 17.8 Å². The molecular weight excluding hydrogens is 296 g/mol. The van der Waals surface area contributed by atoms with Crippen molar-refractivity contribution in [2.45, 2.75) is 24.8 Å². The van der Waals surface area contributed by atoms with Gasteiger partial charge in [0.05, 0.1) is 0 Å². The summed E-state index contributed by atoms with van der Waals surface area (Å²) in [7, 11) is 0. The highest BCUT2D eigenvalue weighted by Crippen LogP contribution is 2.50. The third-order valence-corrected chi connectivity index (χ3v) is 5.18. The van der Waals surface area contributed by atoms with Gasteiger partial charge in [-0.15, -0.1) is 10.2 Å². The zero-order valence-corrected chi connectivity index (χ0v) is 12.4. The van der Waals surface area contributed by atoms with Gasteiger partial charge in [-0.25, -0.2) is 4.79 Å². The van der Waals surface area contributed by atoms with E-state index in [2.05, 4.69) is 10.2 Å². The maximum Gasteiger partial charge on any atom is 0.329 e. The Bertz CT molecular complexity index is 756. The molecule has 118 valence electrons. The van der Waals surface area contributed by atoms with Crippen molar-refractivity contribution in [2.75, 3.05) is 6.54 Å². The third-order valence-electron chi connectivity index (χ3n) is 5.18. The summed E-state index contributed by atoms with van der Waals surface area (Å²) in [6, 6.07) is 7.05. The van der Waals surface area contributed by atoms with Crippen molar-refractivity contribution in [1.82, 2.24) is 19.7 Å². The van der Waals surface area contributed by atoms with Crippen LogP contribution in [0.15, 0.2) is 36.9 Å². The molecule has 0 unspecified atom stereocenters. The standard InChI is InChI=1S/C16H16N4O3/c21-14(20-8-6-12-5-7-16(12,20)15(22)23)11-1-3-13(4-2-11)19-9-17-18-10-19/h1-4,9-10,12H,5-8H2,(H,22,23)/t12-,16-/m0/s1. The number of rotatable bonds is 3. The van der Waals surface area contributed by atoms with Crippen molar-refractivity contribution in [2.24, 2.45) is 5.92 Å². The number of hydrogen-bond donors (Lipinski definition) is 1. The van der Waals surface area contributed by atoms with Gasteiger partial charge in [0.1, 0.15) is 18.2 Å². The molecule has 2 atom stereocenters. The first-order valence-corrected chi connectivity index (χ1v) is 7.63. The minimum Gasteiger partial charge on any atom is -0.479 e. The lowest BCUT2D eigenvalue weighted by Gasteiger charge is -2.46. The molecule has 1 saturated carbocycles. The van der Waals surface area contributed by atoms with E-state index in [1.807, 2.05) is 0 Å². The van der Waals surface area contributed by atoms with E-state index < -0.39 is 11.5 Å². The predicted octanol–water partition coefficient (Wildman–Crippen LogP) is 1.35. The van der Waals surface area contributed by atoms with Gasteiger partial charge >= 0.3 is 5.97 Å². The zero-order chi connectivity index (χ0) is 16.0. The average molecular weight is 312 g/mol. The van der Waals surface area contributed by atoms with Crippen LogP contribution < -0.4 is 0 Å². The summed E-state index contributed by atoms with van der Waals surface area (Å²) in [5, 5.41) is 17.1. The molecule has 7 heteroatoms. The highest BCUT2D eigenvalue weighted by molar-refractivity contribution is 5.99. The van der Waals surface area contributed by atoms with Crippen LogP contribution in [0.2, 0.25) is 0 Å². The van der Waals surface area contributed by atoms with E-state index in [0.717, 1.165) is 18.5 Å². The van der Waals surface area contributed by atoms with Crippen LogP contribution in [0.5, 0.6) is 0 Å². The monoisotopic (exact) mass is 312 g/mol. The number of carboxylic acid groups (broad SMARTS) is 1. The van der Waals surface area contributed by atoms with Crippen LogP contribution in [0.3, 0.4) is 0 Å². The molecular formula is C16H16N4O3. The Balaban J connectivity index is 1.61. The van der Waals surface area contributed by atoms with E-state index >= 15 is 0 Å². The fourth-order valence-electron chi connectivity index (χ4n) is 3.79. The van der Waals surface area contributed by atoms with Crippen LogP contribution in [0.1, 0.15) is 29.6 Å². The Kier molecular flexibility index (Phi) is 2.97. The molecule has 0 radical (unpaired) electrons. The highest BCUT2D eigenvalue weighted by Gasteiger charge is 2.61. The molecule has 23 heavy (non-hydrogen) atoms. The van der Waals surface area contributed by atoms with Gasteiger partial charge in [-0.05, 0) is 49.4 Å². The predicted molar refractivity (Wildman–Crippen MR) is 80.1 cm³/mol. The second-order valence-electron chi connectivity index (χ2n) is 6.13. The number of carbonyl (C=O) groups is 2. The molecule has 2 aliphatic rings. The molecule has 0 bridgehead atoms. The lowest BCUT2D eigenvalue weighted by Crippen LogP contribution is -2.61. The first-order valence-electron chi connectivity index (χ1n) is 7.63. The van der Waals surface area contributed by atoms with E-state index in [1.54, 1.807) is 46.4 Å². The highest BCUT2D eigenvalue weighted by atomic mass is 16.4. The van der Waals surface area contributed by atoms with Crippen molar-refractivity contribution in [3.05, 3.63) is 42.5 Å². The maximum atomic E-state index is 12.8. The van der Waals surface area contributed by atoms with Gasteiger partial charge in [0.25, 0.3) is 5.91 Å². The molecule has 1 N–H and O–H groups in total. The quantitative estimate of drug-likeness (QED) is 0.924. The number of amides is 1. The second-order valence-corrected chi connectivity index (χ2v) is 6.13. The van der Waals surface area contributed by atoms with Gasteiger partial charge in [-0.2, -0.15) is 0 Å². The molecule has 1 aromatic carbocycles. The SMILES string of the molecule is O=C(c1ccc(-n2cnnc2)cc1)N1CC[C@@H]2CC[C@@]21C(=O)O. The number of carboxylic acids is 1. The number of benzene rings is 1. The number of nitrogens with zero attached hydrogens (tertiary/aromatic N) is 4. The van der Waals surface area contributed by atoms with Gasteiger partial charge in [-0.1, -0.05) is 0 Å². The van der Waals surface area contributed by atoms with Crippen LogP contribution >= 0.6 is 0 Å². The molecule has 1 aliphatic carbocycles. The Morgan fingerprint density at radius 2 is 1.83 bits per heavy atom. The van der Waals surface area contributed by atoms with E-state index in [1.165, 1.54) is 0 Å². The molecule has 1 amide bonds. The lowest BCUT2D eigenvalue weighted by molar-refractivity contribution is -0.157. The van der Waals surface area contributed by atoms with E-state index in [0.29, 0.717) is 18.5 Å². The number of carbonyl (C=O) groups excluding carboxylic acids is 1. The normalized spacial score (nSPS) is 25.7. The summed E-state index contributed by atoms with van der Waals surface area (Å²) in [6.45, 7) is 0.517. The average Bonchev–Trinajstić information content (AvgIpc) is 3.14. The Morgan fingerprint density at radius 1 is 1.13 bits per heavy atom. The fourth-order valence-corrected chi connectivity index (χ4v) is 3.79. The summed E-state index contributed by atoms with van der Waals surface area (Å²) < 4.78 is 1.74. The van der Waals surface area contributed by atoms with Crippen LogP contribution in [0.4, 0.5) is 0 Å². The largest absolute Gasteiger partial charge is 0.479 e. The van der Waals surface area contributed by atoms with Gasteiger partial charge in [-0.3, -0.25) is 9.36 Å². The molecule has 2 heterocycles. The number of fused-ring (bicyclic) bond motifs is 1. The van der Waals surface area contributed by atoms with Crippen LogP contribution in [-0.2, 0) is 4.79 Å². The Labute approximate surface area is 132 Å². The summed E-state index contributed by atoms with van der Waals surface area (Å²) in [6.07, 6.45) is 5.38. The number of aromatic nitrogens is 3. The van der Waals surface area contributed by atoms with Crippen LogP contribution in [0, 0.1) is 5.92 Å². The number of aliphatic carboxylic acids is 1. The van der Waals surface area contributed by atoms with Gasteiger partial charge < -0.3 is 10.0 Å². The molecule has 1 aliphatic heterocycles. The summed E-state index contributed by atoms with van der Waals surface area (Å²) >= 11 is 0. The molecule has 2 aromatic rings. The Hall–Kier alpha value is -2.70. The lowest BCUT2D eigenvalue weighted by atomic mass is 9.67. The molecule has 2 fully saturated rings.